The topological polar surface area (TPSA) is 75.6 Å². The highest BCUT2D eigenvalue weighted by Crippen LogP contribution is 2.20. The van der Waals surface area contributed by atoms with E-state index in [1.54, 1.807) is 13.0 Å². The maximum Gasteiger partial charge on any atom is 0.240 e. The molecule has 19 heavy (non-hydrogen) atoms. The van der Waals surface area contributed by atoms with Gasteiger partial charge in [-0.3, -0.25) is 0 Å². The van der Waals surface area contributed by atoms with E-state index in [1.807, 2.05) is 13.8 Å². The van der Waals surface area contributed by atoms with Crippen LogP contribution in [0.5, 0.6) is 0 Å². The molecule has 1 aromatic rings. The Labute approximate surface area is 114 Å². The van der Waals surface area contributed by atoms with E-state index in [-0.39, 0.29) is 18.0 Å². The number of ether oxygens (including phenoxy) is 1. The monoisotopic (exact) mass is 287 g/mol. The summed E-state index contributed by atoms with van der Waals surface area (Å²) in [4.78, 5) is 0.207. The molecule has 0 fully saturated rings. The van der Waals surface area contributed by atoms with Gasteiger partial charge < -0.3 is 9.84 Å². The van der Waals surface area contributed by atoms with E-state index in [0.717, 1.165) is 5.56 Å². The number of aliphatic hydroxyl groups excluding tert-OH is 1. The third kappa shape index (κ3) is 4.28. The van der Waals surface area contributed by atoms with E-state index in [4.69, 9.17) is 4.74 Å². The molecule has 1 aromatic carbocycles. The molecule has 0 saturated carbocycles. The molecule has 0 bridgehead atoms. The fourth-order valence-electron chi connectivity index (χ4n) is 1.80. The van der Waals surface area contributed by atoms with E-state index in [0.29, 0.717) is 24.3 Å². The van der Waals surface area contributed by atoms with Crippen LogP contribution in [0.2, 0.25) is 0 Å². The van der Waals surface area contributed by atoms with Crippen LogP contribution in [0.25, 0.3) is 0 Å². The molecule has 108 valence electrons. The number of aryl methyl sites for hydroxylation is 2. The summed E-state index contributed by atoms with van der Waals surface area (Å²) in [5.41, 5.74) is 2.17. The summed E-state index contributed by atoms with van der Waals surface area (Å²) in [6.07, 6.45) is 0. The van der Waals surface area contributed by atoms with Crippen molar-refractivity contribution in [2.24, 2.45) is 0 Å². The van der Waals surface area contributed by atoms with Crippen molar-refractivity contribution in [2.45, 2.75) is 32.3 Å². The maximum absolute atomic E-state index is 12.1. The van der Waals surface area contributed by atoms with E-state index in [9.17, 15) is 13.5 Å². The highest BCUT2D eigenvalue weighted by Gasteiger charge is 2.17. The first-order valence-corrected chi connectivity index (χ1v) is 7.69. The fraction of sp³-hybridized carbons (Fsp3) is 0.538. The molecule has 0 aromatic heterocycles. The summed E-state index contributed by atoms with van der Waals surface area (Å²) in [5, 5.41) is 9.21. The first-order valence-electron chi connectivity index (χ1n) is 6.20. The fourth-order valence-corrected chi connectivity index (χ4v) is 3.09. The second kappa shape index (κ2) is 7.00. The first kappa shape index (κ1) is 16.1. The van der Waals surface area contributed by atoms with Crippen LogP contribution in [0, 0.1) is 13.8 Å². The van der Waals surface area contributed by atoms with Crippen molar-refractivity contribution in [3.63, 3.8) is 0 Å². The van der Waals surface area contributed by atoms with Gasteiger partial charge in [0.25, 0.3) is 0 Å². The third-order valence-corrected chi connectivity index (χ3v) is 4.44. The Hall–Kier alpha value is -0.950. The maximum atomic E-state index is 12.1. The summed E-state index contributed by atoms with van der Waals surface area (Å²) in [6.45, 7) is 6.40. The van der Waals surface area contributed by atoms with Gasteiger partial charge in [-0.15, -0.1) is 0 Å². The van der Waals surface area contributed by atoms with Gasteiger partial charge in [0.1, 0.15) is 0 Å². The number of hydrogen-bond donors (Lipinski definition) is 2. The molecule has 0 unspecified atom stereocenters. The van der Waals surface area contributed by atoms with Crippen LogP contribution in [-0.4, -0.2) is 33.3 Å². The standard InChI is InChI=1S/C13H21NO4S/c1-4-18-6-5-14-19(16,17)13-8-12(9-15)10(2)7-11(13)3/h7-8,14-15H,4-6,9H2,1-3H3. The molecule has 0 aliphatic carbocycles. The largest absolute Gasteiger partial charge is 0.392 e. The van der Waals surface area contributed by atoms with Crippen molar-refractivity contribution in [3.05, 3.63) is 28.8 Å². The Morgan fingerprint density at radius 3 is 2.53 bits per heavy atom. The minimum absolute atomic E-state index is 0.173. The summed E-state index contributed by atoms with van der Waals surface area (Å²) in [6, 6.07) is 3.29. The summed E-state index contributed by atoms with van der Waals surface area (Å²) in [7, 11) is -3.56. The normalized spacial score (nSPS) is 11.8. The average molecular weight is 287 g/mol. The lowest BCUT2D eigenvalue weighted by molar-refractivity contribution is 0.153. The number of hydrogen-bond acceptors (Lipinski definition) is 4. The third-order valence-electron chi connectivity index (χ3n) is 2.84. The van der Waals surface area contributed by atoms with Crippen molar-refractivity contribution in [2.75, 3.05) is 19.8 Å². The Balaban J connectivity index is 2.94. The molecular formula is C13H21NO4S. The van der Waals surface area contributed by atoms with E-state index in [1.165, 1.54) is 6.07 Å². The molecule has 6 heteroatoms. The predicted octanol–water partition coefficient (Wildman–Crippen LogP) is 1.11. The molecule has 0 saturated heterocycles. The number of aliphatic hydroxyl groups is 1. The molecule has 2 N–H and O–H groups in total. The molecule has 0 aliphatic rings. The molecular weight excluding hydrogens is 266 g/mol. The van der Waals surface area contributed by atoms with Gasteiger partial charge in [-0.2, -0.15) is 0 Å². The van der Waals surface area contributed by atoms with Crippen molar-refractivity contribution in [1.29, 1.82) is 0 Å². The van der Waals surface area contributed by atoms with Gasteiger partial charge in [0.05, 0.1) is 18.1 Å². The summed E-state index contributed by atoms with van der Waals surface area (Å²) >= 11 is 0. The lowest BCUT2D eigenvalue weighted by Crippen LogP contribution is -2.28. The van der Waals surface area contributed by atoms with Gasteiger partial charge in [-0.1, -0.05) is 6.07 Å². The Kier molecular flexibility index (Phi) is 5.93. The van der Waals surface area contributed by atoms with Gasteiger partial charge in [0.15, 0.2) is 0 Å². The average Bonchev–Trinajstić information content (AvgIpc) is 2.34. The predicted molar refractivity (Wildman–Crippen MR) is 73.5 cm³/mol. The molecule has 0 heterocycles. The molecule has 0 atom stereocenters. The highest BCUT2D eigenvalue weighted by molar-refractivity contribution is 7.89. The number of nitrogens with one attached hydrogen (secondary N) is 1. The van der Waals surface area contributed by atoms with Gasteiger partial charge in [-0.25, -0.2) is 13.1 Å². The molecule has 0 radical (unpaired) electrons. The number of rotatable bonds is 7. The van der Waals surface area contributed by atoms with Crippen LogP contribution in [-0.2, 0) is 21.4 Å². The van der Waals surface area contributed by atoms with Gasteiger partial charge in [-0.05, 0) is 43.5 Å². The van der Waals surface area contributed by atoms with Gasteiger partial charge >= 0.3 is 0 Å². The van der Waals surface area contributed by atoms with Crippen LogP contribution < -0.4 is 4.72 Å². The van der Waals surface area contributed by atoms with Crippen LogP contribution >= 0.6 is 0 Å². The molecule has 0 spiro atoms. The van der Waals surface area contributed by atoms with E-state index < -0.39 is 10.0 Å². The quantitative estimate of drug-likeness (QED) is 0.737. The Bertz CT molecular complexity index is 526. The van der Waals surface area contributed by atoms with Crippen molar-refractivity contribution in [3.8, 4) is 0 Å². The second-order valence-corrected chi connectivity index (χ2v) is 6.03. The smallest absolute Gasteiger partial charge is 0.240 e. The van der Waals surface area contributed by atoms with Gasteiger partial charge in [0, 0.05) is 13.2 Å². The van der Waals surface area contributed by atoms with Crippen molar-refractivity contribution in [1.82, 2.24) is 4.72 Å². The molecule has 1 rings (SSSR count). The highest BCUT2D eigenvalue weighted by atomic mass is 32.2. The second-order valence-electron chi connectivity index (χ2n) is 4.30. The zero-order chi connectivity index (χ0) is 14.5. The van der Waals surface area contributed by atoms with Gasteiger partial charge in [0.2, 0.25) is 10.0 Å². The lowest BCUT2D eigenvalue weighted by atomic mass is 10.1. The summed E-state index contributed by atoms with van der Waals surface area (Å²) in [5.74, 6) is 0. The van der Waals surface area contributed by atoms with Crippen LogP contribution in [0.4, 0.5) is 0 Å². The zero-order valence-corrected chi connectivity index (χ0v) is 12.4. The van der Waals surface area contributed by atoms with Crippen LogP contribution in [0.15, 0.2) is 17.0 Å². The molecule has 5 nitrogen and oxygen atoms in total. The molecule has 0 aliphatic heterocycles. The van der Waals surface area contributed by atoms with Crippen LogP contribution in [0.1, 0.15) is 23.6 Å². The Morgan fingerprint density at radius 2 is 1.95 bits per heavy atom. The minimum Gasteiger partial charge on any atom is -0.392 e. The lowest BCUT2D eigenvalue weighted by Gasteiger charge is -2.12. The molecule has 0 amide bonds. The van der Waals surface area contributed by atoms with Crippen LogP contribution in [0.3, 0.4) is 0 Å². The zero-order valence-electron chi connectivity index (χ0n) is 11.6. The van der Waals surface area contributed by atoms with Crippen molar-refractivity contribution >= 4 is 10.0 Å². The number of sulfonamides is 1. The Morgan fingerprint density at radius 1 is 1.26 bits per heavy atom. The van der Waals surface area contributed by atoms with E-state index >= 15 is 0 Å². The number of benzene rings is 1. The van der Waals surface area contributed by atoms with Crippen molar-refractivity contribution < 1.29 is 18.3 Å². The SMILES string of the molecule is CCOCCNS(=O)(=O)c1cc(CO)c(C)cc1C. The first-order chi connectivity index (χ1) is 8.92. The summed E-state index contributed by atoms with van der Waals surface area (Å²) < 4.78 is 31.9. The minimum atomic E-state index is -3.56. The van der Waals surface area contributed by atoms with E-state index in [2.05, 4.69) is 4.72 Å².